The molecule has 3 aliphatic rings. The summed E-state index contributed by atoms with van der Waals surface area (Å²) in [6.45, 7) is 1.05. The van der Waals surface area contributed by atoms with Gasteiger partial charge in [0.05, 0.1) is 11.9 Å². The van der Waals surface area contributed by atoms with E-state index in [2.05, 4.69) is 15.6 Å². The lowest BCUT2D eigenvalue weighted by Crippen LogP contribution is -2.52. The molecule has 1 unspecified atom stereocenters. The summed E-state index contributed by atoms with van der Waals surface area (Å²) in [5.74, 6) is -1.66. The number of hydrogen-bond acceptors (Lipinski definition) is 6. The third-order valence-corrected chi connectivity index (χ3v) is 7.00. The van der Waals surface area contributed by atoms with Crippen LogP contribution in [0.2, 0.25) is 0 Å². The number of carbonyl (C=O) groups is 4. The molecule has 3 aliphatic heterocycles. The molecule has 0 bridgehead atoms. The first-order chi connectivity index (χ1) is 17.4. The van der Waals surface area contributed by atoms with Crippen molar-refractivity contribution >= 4 is 23.6 Å². The largest absolute Gasteiger partial charge is 0.336 e. The number of halogens is 1. The Kier molecular flexibility index (Phi) is 5.13. The molecule has 6 rings (SSSR count). The average molecular weight is 488 g/mol. The van der Waals surface area contributed by atoms with Gasteiger partial charge in [-0.25, -0.2) is 9.07 Å². The van der Waals surface area contributed by atoms with Crippen LogP contribution in [0.3, 0.4) is 0 Å². The van der Waals surface area contributed by atoms with Crippen molar-refractivity contribution in [3.05, 3.63) is 76.9 Å². The maximum atomic E-state index is 14.0. The fourth-order valence-electron chi connectivity index (χ4n) is 5.00. The Morgan fingerprint density at radius 3 is 2.67 bits per heavy atom. The standard InChI is InChI=1S/C25H21FN6O4/c26-19-4-2-1-3-17(19)15-10-30(11-15)25(36)20-13-32(29-28-20)16-5-6-18-14(9-16)12-31(24(18)35)21-7-8-22(33)27-23(21)34/h1-6,9,13,15,21H,7-8,10-12H2,(H,27,33,34). The Labute approximate surface area is 204 Å². The highest BCUT2D eigenvalue weighted by Gasteiger charge is 2.39. The lowest BCUT2D eigenvalue weighted by molar-refractivity contribution is -0.136. The number of piperidine rings is 1. The van der Waals surface area contributed by atoms with E-state index in [-0.39, 0.29) is 48.1 Å². The summed E-state index contributed by atoms with van der Waals surface area (Å²) in [7, 11) is 0. The zero-order chi connectivity index (χ0) is 25.0. The molecular weight excluding hydrogens is 467 g/mol. The number of fused-ring (bicyclic) bond motifs is 1. The molecule has 2 saturated heterocycles. The molecule has 2 aromatic carbocycles. The van der Waals surface area contributed by atoms with Gasteiger partial charge in [-0.2, -0.15) is 0 Å². The van der Waals surface area contributed by atoms with Gasteiger partial charge in [0.1, 0.15) is 11.9 Å². The zero-order valence-electron chi connectivity index (χ0n) is 19.1. The fraction of sp³-hybridized carbons (Fsp3) is 0.280. The van der Waals surface area contributed by atoms with Gasteiger partial charge >= 0.3 is 0 Å². The Hall–Kier alpha value is -4.41. The van der Waals surface area contributed by atoms with Crippen molar-refractivity contribution in [2.45, 2.75) is 31.3 Å². The molecule has 4 heterocycles. The van der Waals surface area contributed by atoms with Crippen LogP contribution in [0.25, 0.3) is 5.69 Å². The van der Waals surface area contributed by atoms with E-state index in [1.165, 1.54) is 21.8 Å². The molecule has 0 saturated carbocycles. The quantitative estimate of drug-likeness (QED) is 0.555. The van der Waals surface area contributed by atoms with E-state index in [1.807, 2.05) is 0 Å². The average Bonchev–Trinajstić information content (AvgIpc) is 3.44. The monoisotopic (exact) mass is 488 g/mol. The number of benzene rings is 2. The number of nitrogens with one attached hydrogen (secondary N) is 1. The summed E-state index contributed by atoms with van der Waals surface area (Å²) in [4.78, 5) is 52.5. The number of aromatic nitrogens is 3. The van der Waals surface area contributed by atoms with E-state index in [0.29, 0.717) is 36.3 Å². The minimum atomic E-state index is -0.689. The van der Waals surface area contributed by atoms with Crippen LogP contribution in [-0.4, -0.2) is 67.6 Å². The first-order valence-corrected chi connectivity index (χ1v) is 11.6. The van der Waals surface area contributed by atoms with Crippen molar-refractivity contribution in [2.75, 3.05) is 13.1 Å². The second-order valence-electron chi connectivity index (χ2n) is 9.22. The first-order valence-electron chi connectivity index (χ1n) is 11.6. The molecule has 0 radical (unpaired) electrons. The normalized spacial score (nSPS) is 19.8. The maximum Gasteiger partial charge on any atom is 0.276 e. The maximum absolute atomic E-state index is 14.0. The number of rotatable bonds is 4. The van der Waals surface area contributed by atoms with Crippen LogP contribution in [0.1, 0.15) is 50.7 Å². The van der Waals surface area contributed by atoms with Gasteiger partial charge in [-0.05, 0) is 41.8 Å². The van der Waals surface area contributed by atoms with Crippen LogP contribution >= 0.6 is 0 Å². The topological polar surface area (TPSA) is 118 Å². The highest BCUT2D eigenvalue weighted by Crippen LogP contribution is 2.31. The van der Waals surface area contributed by atoms with Gasteiger partial charge in [0.2, 0.25) is 11.8 Å². The Bertz CT molecular complexity index is 1430. The second-order valence-corrected chi connectivity index (χ2v) is 9.22. The van der Waals surface area contributed by atoms with Crippen molar-refractivity contribution < 1.29 is 23.6 Å². The van der Waals surface area contributed by atoms with Gasteiger partial charge in [0, 0.05) is 37.5 Å². The van der Waals surface area contributed by atoms with Crippen LogP contribution in [0.5, 0.6) is 0 Å². The Balaban J connectivity index is 1.15. The summed E-state index contributed by atoms with van der Waals surface area (Å²) in [5, 5.41) is 10.4. The summed E-state index contributed by atoms with van der Waals surface area (Å²) in [6, 6.07) is 11.0. The Morgan fingerprint density at radius 2 is 1.89 bits per heavy atom. The van der Waals surface area contributed by atoms with Crippen molar-refractivity contribution in [2.24, 2.45) is 0 Å². The van der Waals surface area contributed by atoms with E-state index >= 15 is 0 Å². The summed E-state index contributed by atoms with van der Waals surface area (Å²) < 4.78 is 15.5. The third-order valence-electron chi connectivity index (χ3n) is 7.00. The molecule has 2 fully saturated rings. The van der Waals surface area contributed by atoms with Gasteiger partial charge < -0.3 is 9.80 Å². The van der Waals surface area contributed by atoms with Gasteiger partial charge in [-0.3, -0.25) is 24.5 Å². The zero-order valence-corrected chi connectivity index (χ0v) is 19.1. The van der Waals surface area contributed by atoms with Gasteiger partial charge in [-0.1, -0.05) is 23.4 Å². The number of carbonyl (C=O) groups excluding carboxylic acids is 4. The smallest absolute Gasteiger partial charge is 0.276 e. The number of likely N-dealkylation sites (tertiary alicyclic amines) is 1. The minimum Gasteiger partial charge on any atom is -0.336 e. The van der Waals surface area contributed by atoms with Crippen molar-refractivity contribution in [3.8, 4) is 5.69 Å². The number of amides is 4. The molecule has 1 atom stereocenters. The van der Waals surface area contributed by atoms with E-state index in [0.717, 1.165) is 5.56 Å². The molecule has 0 spiro atoms. The van der Waals surface area contributed by atoms with Crippen LogP contribution < -0.4 is 5.32 Å². The van der Waals surface area contributed by atoms with E-state index < -0.39 is 11.9 Å². The minimum absolute atomic E-state index is 0.0493. The number of hydrogen-bond donors (Lipinski definition) is 1. The van der Waals surface area contributed by atoms with Gasteiger partial charge in [0.25, 0.3) is 11.8 Å². The molecule has 3 aromatic rings. The molecule has 10 nitrogen and oxygen atoms in total. The lowest BCUT2D eigenvalue weighted by atomic mass is 9.91. The highest BCUT2D eigenvalue weighted by molar-refractivity contribution is 6.05. The lowest BCUT2D eigenvalue weighted by Gasteiger charge is -2.39. The van der Waals surface area contributed by atoms with E-state index in [1.54, 1.807) is 41.3 Å². The summed E-state index contributed by atoms with van der Waals surface area (Å²) >= 11 is 0. The molecular formula is C25H21FN6O4. The van der Waals surface area contributed by atoms with E-state index in [9.17, 15) is 23.6 Å². The number of nitrogens with zero attached hydrogens (tertiary/aromatic N) is 5. The SMILES string of the molecule is O=C1CCC(N2Cc3cc(-n4cc(C(=O)N5CC(c6ccccc6F)C5)nn4)ccc3C2=O)C(=O)N1. The fourth-order valence-corrected chi connectivity index (χ4v) is 5.00. The van der Waals surface area contributed by atoms with Gasteiger partial charge in [0.15, 0.2) is 5.69 Å². The molecule has 4 amide bonds. The second kappa shape index (κ2) is 8.36. The van der Waals surface area contributed by atoms with Crippen LogP contribution in [0, 0.1) is 5.82 Å². The van der Waals surface area contributed by atoms with Crippen molar-refractivity contribution in [1.29, 1.82) is 0 Å². The highest BCUT2D eigenvalue weighted by atomic mass is 19.1. The van der Waals surface area contributed by atoms with Crippen LogP contribution in [-0.2, 0) is 16.1 Å². The summed E-state index contributed by atoms with van der Waals surface area (Å²) in [6.07, 6.45) is 2.00. The molecule has 1 aromatic heterocycles. The molecule has 182 valence electrons. The van der Waals surface area contributed by atoms with Crippen LogP contribution in [0.4, 0.5) is 4.39 Å². The Morgan fingerprint density at radius 1 is 1.08 bits per heavy atom. The van der Waals surface area contributed by atoms with Gasteiger partial charge in [-0.15, -0.1) is 5.10 Å². The first kappa shape index (κ1) is 22.1. The third kappa shape index (κ3) is 3.63. The predicted molar refractivity (Wildman–Crippen MR) is 122 cm³/mol. The molecule has 1 N–H and O–H groups in total. The molecule has 11 heteroatoms. The predicted octanol–water partition coefficient (Wildman–Crippen LogP) is 1.41. The number of imide groups is 1. The van der Waals surface area contributed by atoms with E-state index in [4.69, 9.17) is 0 Å². The molecule has 36 heavy (non-hydrogen) atoms. The van der Waals surface area contributed by atoms with Crippen LogP contribution in [0.15, 0.2) is 48.7 Å². The van der Waals surface area contributed by atoms with Crippen molar-refractivity contribution in [3.63, 3.8) is 0 Å². The van der Waals surface area contributed by atoms with Crippen molar-refractivity contribution in [1.82, 2.24) is 30.1 Å². The molecule has 0 aliphatic carbocycles. The summed E-state index contributed by atoms with van der Waals surface area (Å²) in [5.41, 5.74) is 2.60.